The molecule has 7 nitrogen and oxygen atoms in total. The van der Waals surface area contributed by atoms with Crippen molar-refractivity contribution in [2.24, 2.45) is 0 Å². The minimum absolute atomic E-state index is 0.139. The van der Waals surface area contributed by atoms with Crippen molar-refractivity contribution >= 4 is 33.4 Å². The molecule has 2 N–H and O–H groups in total. The van der Waals surface area contributed by atoms with Gasteiger partial charge in [-0.15, -0.1) is 0 Å². The largest absolute Gasteiger partial charge is 0.350 e. The first-order valence-corrected chi connectivity index (χ1v) is 15.6. The van der Waals surface area contributed by atoms with E-state index in [0.29, 0.717) is 23.6 Å². The topological polar surface area (TPSA) is 95.6 Å². The van der Waals surface area contributed by atoms with Gasteiger partial charge in [-0.3, -0.25) is 9.59 Å². The van der Waals surface area contributed by atoms with Crippen LogP contribution in [-0.2, 0) is 39.1 Å². The van der Waals surface area contributed by atoms with Gasteiger partial charge < -0.3 is 10.2 Å². The Morgan fingerprint density at radius 3 is 2.00 bits per heavy atom. The van der Waals surface area contributed by atoms with Gasteiger partial charge in [-0.1, -0.05) is 103 Å². The van der Waals surface area contributed by atoms with Crippen molar-refractivity contribution in [3.05, 3.63) is 136 Å². The molecule has 0 radical (unpaired) electrons. The van der Waals surface area contributed by atoms with Crippen molar-refractivity contribution in [2.45, 2.75) is 43.8 Å². The van der Waals surface area contributed by atoms with E-state index >= 15 is 0 Å². The summed E-state index contributed by atoms with van der Waals surface area (Å²) in [6.45, 7) is 2.55. The van der Waals surface area contributed by atoms with Crippen LogP contribution in [0.3, 0.4) is 0 Å². The van der Waals surface area contributed by atoms with Gasteiger partial charge in [0.25, 0.3) is 0 Å². The van der Waals surface area contributed by atoms with Gasteiger partial charge in [0, 0.05) is 31.1 Å². The molecule has 0 saturated carbocycles. The number of hydrogen-bond donors (Lipinski definition) is 2. The predicted octanol–water partition coefficient (Wildman–Crippen LogP) is 5.66. The third-order valence-electron chi connectivity index (χ3n) is 6.77. The summed E-state index contributed by atoms with van der Waals surface area (Å²) in [4.78, 5) is 29.5. The van der Waals surface area contributed by atoms with Crippen LogP contribution in [0, 0.1) is 0 Å². The second-order valence-electron chi connectivity index (χ2n) is 9.81. The van der Waals surface area contributed by atoms with Crippen molar-refractivity contribution in [2.75, 3.05) is 6.54 Å². The van der Waals surface area contributed by atoms with Crippen LogP contribution in [0.5, 0.6) is 0 Å². The Hall–Kier alpha value is -3.98. The number of sulfonamides is 1. The van der Waals surface area contributed by atoms with Gasteiger partial charge in [0.1, 0.15) is 6.04 Å². The molecule has 4 aromatic carbocycles. The van der Waals surface area contributed by atoms with Crippen LogP contribution in [0.1, 0.15) is 41.6 Å². The molecule has 218 valence electrons. The van der Waals surface area contributed by atoms with Crippen molar-refractivity contribution in [1.29, 1.82) is 0 Å². The molecule has 0 bridgehead atoms. The SMILES string of the molecule is CCNS(=O)(=O)c1ccc(CCC(=O)N(Cc2ccccc2)[C@H](C(=O)NCc2ccc(Cl)cc2)c2ccccc2)cc1. The van der Waals surface area contributed by atoms with Gasteiger partial charge in [-0.25, -0.2) is 13.1 Å². The fourth-order valence-corrected chi connectivity index (χ4v) is 5.77. The first-order chi connectivity index (χ1) is 20.3. The molecule has 0 heterocycles. The Morgan fingerprint density at radius 1 is 0.786 bits per heavy atom. The van der Waals surface area contributed by atoms with Crippen LogP contribution < -0.4 is 10.0 Å². The summed E-state index contributed by atoms with van der Waals surface area (Å²) >= 11 is 6.01. The van der Waals surface area contributed by atoms with E-state index in [1.54, 1.807) is 36.1 Å². The highest BCUT2D eigenvalue weighted by Gasteiger charge is 2.31. The number of amides is 2. The molecule has 0 saturated heterocycles. The molecule has 0 spiro atoms. The van der Waals surface area contributed by atoms with Crippen LogP contribution >= 0.6 is 11.6 Å². The van der Waals surface area contributed by atoms with Crippen molar-refractivity contribution in [3.8, 4) is 0 Å². The smallest absolute Gasteiger partial charge is 0.247 e. The van der Waals surface area contributed by atoms with Crippen molar-refractivity contribution < 1.29 is 18.0 Å². The number of nitrogens with one attached hydrogen (secondary N) is 2. The Kier molecular flexibility index (Phi) is 10.9. The maximum Gasteiger partial charge on any atom is 0.247 e. The summed E-state index contributed by atoms with van der Waals surface area (Å²) in [5, 5.41) is 3.62. The van der Waals surface area contributed by atoms with E-state index in [1.807, 2.05) is 72.8 Å². The lowest BCUT2D eigenvalue weighted by Crippen LogP contribution is -2.43. The van der Waals surface area contributed by atoms with Gasteiger partial charge in [0.15, 0.2) is 0 Å². The standard InChI is InChI=1S/C33H34ClN3O4S/c1-2-36-42(40,41)30-20-15-25(16-21-30)17-22-31(38)37(24-27-9-5-3-6-10-27)32(28-11-7-4-8-12-28)33(39)35-23-26-13-18-29(34)19-14-26/h3-16,18-21,32,36H,2,17,22-24H2,1H3,(H,35,39)/t32-/m0/s1. The van der Waals surface area contributed by atoms with E-state index in [1.165, 1.54) is 12.1 Å². The third-order valence-corrected chi connectivity index (χ3v) is 8.58. The van der Waals surface area contributed by atoms with E-state index in [2.05, 4.69) is 10.0 Å². The Bertz CT molecular complexity index is 1560. The van der Waals surface area contributed by atoms with Crippen LogP contribution in [0.2, 0.25) is 5.02 Å². The monoisotopic (exact) mass is 603 g/mol. The Morgan fingerprint density at radius 2 is 1.38 bits per heavy atom. The molecule has 9 heteroatoms. The molecular weight excluding hydrogens is 570 g/mol. The molecule has 0 aliphatic rings. The third kappa shape index (κ3) is 8.52. The lowest BCUT2D eigenvalue weighted by molar-refractivity contribution is -0.141. The fourth-order valence-electron chi connectivity index (χ4n) is 4.60. The van der Waals surface area contributed by atoms with Gasteiger partial charge in [0.2, 0.25) is 21.8 Å². The fraction of sp³-hybridized carbons (Fsp3) is 0.212. The first-order valence-electron chi connectivity index (χ1n) is 13.8. The predicted molar refractivity (Wildman–Crippen MR) is 165 cm³/mol. The molecule has 4 rings (SSSR count). The molecule has 0 aliphatic heterocycles. The summed E-state index contributed by atoms with van der Waals surface area (Å²) in [6.07, 6.45) is 0.527. The number of nitrogens with zero attached hydrogens (tertiary/aromatic N) is 1. The molecule has 0 unspecified atom stereocenters. The van der Waals surface area contributed by atoms with Crippen LogP contribution in [0.25, 0.3) is 0 Å². The van der Waals surface area contributed by atoms with Crippen molar-refractivity contribution in [3.63, 3.8) is 0 Å². The molecule has 2 amide bonds. The number of hydrogen-bond acceptors (Lipinski definition) is 4. The van der Waals surface area contributed by atoms with E-state index in [9.17, 15) is 18.0 Å². The number of benzene rings is 4. The summed E-state index contributed by atoms with van der Waals surface area (Å²) < 4.78 is 27.1. The zero-order chi connectivity index (χ0) is 30.0. The number of aryl methyl sites for hydroxylation is 1. The molecule has 0 fully saturated rings. The second-order valence-corrected chi connectivity index (χ2v) is 12.0. The van der Waals surface area contributed by atoms with Crippen LogP contribution in [-0.4, -0.2) is 31.7 Å². The van der Waals surface area contributed by atoms with Gasteiger partial charge in [0.05, 0.1) is 4.90 Å². The summed E-state index contributed by atoms with van der Waals surface area (Å²) in [5.74, 6) is -0.489. The molecule has 42 heavy (non-hydrogen) atoms. The average Bonchev–Trinajstić information content (AvgIpc) is 3.00. The summed E-state index contributed by atoms with van der Waals surface area (Å²) in [5.41, 5.74) is 3.31. The Labute approximate surface area is 252 Å². The van der Waals surface area contributed by atoms with Crippen LogP contribution in [0.15, 0.2) is 114 Å². The van der Waals surface area contributed by atoms with E-state index < -0.39 is 16.1 Å². The number of rotatable bonds is 13. The molecule has 4 aromatic rings. The lowest BCUT2D eigenvalue weighted by atomic mass is 10.0. The van der Waals surface area contributed by atoms with Gasteiger partial charge >= 0.3 is 0 Å². The zero-order valence-electron chi connectivity index (χ0n) is 23.4. The minimum atomic E-state index is -3.56. The quantitative estimate of drug-likeness (QED) is 0.206. The highest BCUT2D eigenvalue weighted by molar-refractivity contribution is 7.89. The maximum absolute atomic E-state index is 13.9. The molecular formula is C33H34ClN3O4S. The highest BCUT2D eigenvalue weighted by atomic mass is 35.5. The average molecular weight is 604 g/mol. The van der Waals surface area contributed by atoms with E-state index in [-0.39, 0.29) is 36.2 Å². The number of carbonyl (C=O) groups excluding carboxylic acids is 2. The van der Waals surface area contributed by atoms with E-state index in [0.717, 1.165) is 16.7 Å². The van der Waals surface area contributed by atoms with Crippen molar-refractivity contribution in [1.82, 2.24) is 14.9 Å². The minimum Gasteiger partial charge on any atom is -0.350 e. The number of carbonyl (C=O) groups is 2. The number of halogens is 1. The summed E-state index contributed by atoms with van der Waals surface area (Å²) in [6, 6.07) is 31.7. The zero-order valence-corrected chi connectivity index (χ0v) is 24.9. The second kappa shape index (κ2) is 14.8. The molecule has 0 aromatic heterocycles. The van der Waals surface area contributed by atoms with Crippen LogP contribution in [0.4, 0.5) is 0 Å². The molecule has 0 aliphatic carbocycles. The molecule has 1 atom stereocenters. The first kappa shape index (κ1) is 31.0. The lowest BCUT2D eigenvalue weighted by Gasteiger charge is -2.32. The van der Waals surface area contributed by atoms with Gasteiger partial charge in [-0.2, -0.15) is 0 Å². The van der Waals surface area contributed by atoms with E-state index in [4.69, 9.17) is 11.6 Å². The normalized spacial score (nSPS) is 12.0. The highest BCUT2D eigenvalue weighted by Crippen LogP contribution is 2.25. The summed E-state index contributed by atoms with van der Waals surface area (Å²) in [7, 11) is -3.56. The Balaban J connectivity index is 1.58. The van der Waals surface area contributed by atoms with Gasteiger partial charge in [-0.05, 0) is 52.9 Å². The maximum atomic E-state index is 13.9.